The van der Waals surface area contributed by atoms with E-state index in [4.69, 9.17) is 37.1 Å². The quantitative estimate of drug-likeness (QED) is 0.137. The van der Waals surface area contributed by atoms with Gasteiger partial charge < -0.3 is 24.3 Å². The number of nitrogens with zero attached hydrogens (tertiary/aromatic N) is 1. The number of fused-ring (bicyclic) bond motifs is 1. The van der Waals surface area contributed by atoms with Gasteiger partial charge in [0.2, 0.25) is 0 Å². The van der Waals surface area contributed by atoms with Crippen molar-refractivity contribution in [1.82, 2.24) is 10.3 Å². The highest BCUT2D eigenvalue weighted by molar-refractivity contribution is 7.91. The number of carbonyl (C=O) groups excluding carboxylic acids is 1. The van der Waals surface area contributed by atoms with E-state index in [-0.39, 0.29) is 34.6 Å². The molecule has 0 fully saturated rings. The molecule has 1 unspecified atom stereocenters. The van der Waals surface area contributed by atoms with E-state index in [9.17, 15) is 23.1 Å². The van der Waals surface area contributed by atoms with Crippen molar-refractivity contribution in [3.63, 3.8) is 0 Å². The fourth-order valence-electron chi connectivity index (χ4n) is 4.28. The van der Waals surface area contributed by atoms with Crippen molar-refractivity contribution in [3.05, 3.63) is 118 Å². The van der Waals surface area contributed by atoms with Crippen LogP contribution in [-0.2, 0) is 27.7 Å². The lowest BCUT2D eigenvalue weighted by Crippen LogP contribution is -2.44. The minimum atomic E-state index is -3.44. The Kier molecular flexibility index (Phi) is 9.92. The second-order valence-electron chi connectivity index (χ2n) is 9.91. The van der Waals surface area contributed by atoms with E-state index in [1.54, 1.807) is 54.6 Å². The molecule has 2 N–H and O–H groups in total. The lowest BCUT2D eigenvalue weighted by atomic mass is 10.1. The highest BCUT2D eigenvalue weighted by Crippen LogP contribution is 2.24. The van der Waals surface area contributed by atoms with Crippen LogP contribution in [0, 0.1) is 0 Å². The number of hydrogen-bond acceptors (Lipinski definition) is 8. The molecule has 0 spiro atoms. The number of aliphatic carboxylic acids is 1. The Morgan fingerprint density at radius 3 is 2.24 bits per heavy atom. The Bertz CT molecular complexity index is 1910. The van der Waals surface area contributed by atoms with Crippen LogP contribution >= 0.6 is 23.2 Å². The zero-order valence-electron chi connectivity index (χ0n) is 23.5. The smallest absolute Gasteiger partial charge is 0.394 e. The van der Waals surface area contributed by atoms with Gasteiger partial charge in [0.05, 0.1) is 10.6 Å². The number of hydrogen-bond donors (Lipinski definition) is 2. The van der Waals surface area contributed by atoms with Crippen molar-refractivity contribution >= 4 is 56.0 Å². The predicted octanol–water partition coefficient (Wildman–Crippen LogP) is 6.34. The molecule has 1 heterocycles. The van der Waals surface area contributed by atoms with Crippen LogP contribution in [0.5, 0.6) is 11.8 Å². The van der Waals surface area contributed by atoms with Crippen molar-refractivity contribution in [2.24, 2.45) is 0 Å². The third-order valence-corrected chi connectivity index (χ3v) is 8.93. The molecule has 10 nitrogen and oxygen atoms in total. The number of nitrogens with one attached hydrogen (secondary N) is 1. The summed E-state index contributed by atoms with van der Waals surface area (Å²) in [5.74, 6) is -1.86. The number of aryl methyl sites for hydroxylation is 1. The molecule has 1 aromatic heterocycles. The molecule has 5 rings (SSSR count). The first-order valence-corrected chi connectivity index (χ1v) is 16.0. The number of ether oxygens (including phenoxy) is 2. The highest BCUT2D eigenvalue weighted by Gasteiger charge is 2.23. The molecule has 0 aliphatic rings. The Hall–Kier alpha value is -4.58. The second kappa shape index (κ2) is 14.0. The number of sulfone groups is 1. The molecule has 0 bridgehead atoms. The van der Waals surface area contributed by atoms with E-state index < -0.39 is 27.9 Å². The second-order valence-corrected chi connectivity index (χ2v) is 12.9. The van der Waals surface area contributed by atoms with Gasteiger partial charge in [0, 0.05) is 15.6 Å². The van der Waals surface area contributed by atoms with Gasteiger partial charge in [-0.05, 0) is 90.7 Å². The normalized spacial score (nSPS) is 12.0. The summed E-state index contributed by atoms with van der Waals surface area (Å²) in [6, 6.07) is 24.0. The molecule has 45 heavy (non-hydrogen) atoms. The van der Waals surface area contributed by atoms with Crippen LogP contribution in [0.3, 0.4) is 0 Å². The highest BCUT2D eigenvalue weighted by atomic mass is 35.5. The molecule has 232 valence electrons. The Labute approximate surface area is 268 Å². The van der Waals surface area contributed by atoms with E-state index in [1.807, 2.05) is 0 Å². The van der Waals surface area contributed by atoms with Gasteiger partial charge in [-0.15, -0.1) is 0 Å². The summed E-state index contributed by atoms with van der Waals surface area (Å²) in [7, 11) is -3.44. The first kappa shape index (κ1) is 31.8. The molecule has 0 aliphatic heterocycles. The van der Waals surface area contributed by atoms with E-state index >= 15 is 0 Å². The van der Waals surface area contributed by atoms with Crippen LogP contribution in [0.2, 0.25) is 10.0 Å². The number of oxazole rings is 1. The molecular formula is C32H26Cl2N2O8S. The average molecular weight is 670 g/mol. The summed E-state index contributed by atoms with van der Waals surface area (Å²) in [4.78, 5) is 29.0. The first-order valence-electron chi connectivity index (χ1n) is 13.6. The minimum Gasteiger partial charge on any atom is -0.477 e. The standard InChI is InChI=1S/C32H26Cl2N2O8S/c33-23-9-14-26(15-10-23)45(40,41)17-1-2-20-5-12-25(13-6-20)43-30(31(38)39)36-29(37)22-7-3-21(4-8-22)19-42-32-35-27-18-24(34)11-16-28(27)44-32/h3-16,18,30H,1-2,17,19H2,(H,36,37)(H,38,39). The molecule has 0 radical (unpaired) electrons. The minimum absolute atomic E-state index is 0.0395. The lowest BCUT2D eigenvalue weighted by molar-refractivity contribution is -0.146. The molecule has 1 amide bonds. The van der Waals surface area contributed by atoms with Crippen molar-refractivity contribution < 1.29 is 37.0 Å². The third kappa shape index (κ3) is 8.53. The Morgan fingerprint density at radius 1 is 0.889 bits per heavy atom. The summed E-state index contributed by atoms with van der Waals surface area (Å²) in [6.07, 6.45) is -0.707. The van der Waals surface area contributed by atoms with E-state index in [1.165, 1.54) is 36.4 Å². The molecule has 1 atom stereocenters. The number of rotatable bonds is 13. The average Bonchev–Trinajstić information content (AvgIpc) is 3.43. The van der Waals surface area contributed by atoms with E-state index in [2.05, 4.69) is 10.3 Å². The van der Waals surface area contributed by atoms with Gasteiger partial charge in [-0.25, -0.2) is 13.2 Å². The maximum Gasteiger partial charge on any atom is 0.394 e. The van der Waals surface area contributed by atoms with Crippen LogP contribution in [0.25, 0.3) is 11.1 Å². The summed E-state index contributed by atoms with van der Waals surface area (Å²) in [5.41, 5.74) is 2.88. The SMILES string of the molecule is O=C(NC(Oc1ccc(CCCS(=O)(=O)c2ccc(Cl)cc2)cc1)C(=O)O)c1ccc(COc2nc3cc(Cl)ccc3o2)cc1. The molecule has 5 aromatic rings. The monoisotopic (exact) mass is 668 g/mol. The fraction of sp³-hybridized carbons (Fsp3) is 0.156. The topological polar surface area (TPSA) is 145 Å². The number of aromatic nitrogens is 1. The third-order valence-electron chi connectivity index (χ3n) is 6.62. The van der Waals surface area contributed by atoms with Gasteiger partial charge in [0.25, 0.3) is 12.1 Å². The first-order chi connectivity index (χ1) is 21.6. The summed E-state index contributed by atoms with van der Waals surface area (Å²) >= 11 is 11.8. The van der Waals surface area contributed by atoms with Crippen molar-refractivity contribution in [2.45, 2.75) is 30.6 Å². The summed E-state index contributed by atoms with van der Waals surface area (Å²) in [5, 5.41) is 13.0. The fourth-order valence-corrected chi connectivity index (χ4v) is 5.88. The van der Waals surface area contributed by atoms with Crippen molar-refractivity contribution in [1.29, 1.82) is 0 Å². The van der Waals surface area contributed by atoms with Gasteiger partial charge in [0.15, 0.2) is 15.4 Å². The Morgan fingerprint density at radius 2 is 1.56 bits per heavy atom. The largest absolute Gasteiger partial charge is 0.477 e. The summed E-state index contributed by atoms with van der Waals surface area (Å²) < 4.78 is 41.7. The molecular weight excluding hydrogens is 643 g/mol. The molecule has 0 saturated carbocycles. The van der Waals surface area contributed by atoms with Crippen LogP contribution < -0.4 is 14.8 Å². The van der Waals surface area contributed by atoms with E-state index in [0.29, 0.717) is 34.0 Å². The number of benzene rings is 4. The summed E-state index contributed by atoms with van der Waals surface area (Å²) in [6.45, 7) is 0.122. The van der Waals surface area contributed by atoms with Gasteiger partial charge in [-0.3, -0.25) is 4.79 Å². The number of amides is 1. The maximum absolute atomic E-state index is 12.8. The lowest BCUT2D eigenvalue weighted by Gasteiger charge is -2.17. The maximum atomic E-state index is 12.8. The number of carboxylic acids is 1. The van der Waals surface area contributed by atoms with Gasteiger partial charge in [-0.2, -0.15) is 4.98 Å². The van der Waals surface area contributed by atoms with Crippen molar-refractivity contribution in [2.75, 3.05) is 5.75 Å². The van der Waals surface area contributed by atoms with Crippen LogP contribution in [-0.4, -0.2) is 42.4 Å². The number of carbonyl (C=O) groups is 2. The number of carboxylic acid groups (broad SMARTS) is 1. The zero-order chi connectivity index (χ0) is 32.0. The Balaban J connectivity index is 1.11. The zero-order valence-corrected chi connectivity index (χ0v) is 25.8. The van der Waals surface area contributed by atoms with Gasteiger partial charge >= 0.3 is 12.0 Å². The van der Waals surface area contributed by atoms with Crippen LogP contribution in [0.15, 0.2) is 100 Å². The van der Waals surface area contributed by atoms with Crippen LogP contribution in [0.1, 0.15) is 27.9 Å². The van der Waals surface area contributed by atoms with Gasteiger partial charge in [-0.1, -0.05) is 47.5 Å². The predicted molar refractivity (Wildman–Crippen MR) is 168 cm³/mol. The van der Waals surface area contributed by atoms with Crippen LogP contribution in [0.4, 0.5) is 0 Å². The molecule has 13 heteroatoms. The molecule has 0 saturated heterocycles. The molecule has 0 aliphatic carbocycles. The molecule has 4 aromatic carbocycles. The van der Waals surface area contributed by atoms with Gasteiger partial charge in [0.1, 0.15) is 17.9 Å². The number of halogens is 2. The van der Waals surface area contributed by atoms with Crippen molar-refractivity contribution in [3.8, 4) is 11.8 Å². The van der Waals surface area contributed by atoms with E-state index in [0.717, 1.165) is 11.1 Å².